The van der Waals surface area contributed by atoms with Crippen molar-refractivity contribution in [3.05, 3.63) is 81.7 Å². The number of amides is 1. The number of thioether (sulfide) groups is 1. The van der Waals surface area contributed by atoms with Crippen LogP contribution in [0.5, 0.6) is 0 Å². The molecule has 0 radical (unpaired) electrons. The number of hydrogen-bond acceptors (Lipinski definition) is 6. The third-order valence-electron chi connectivity index (χ3n) is 5.27. The highest BCUT2D eigenvalue weighted by Gasteiger charge is 2.23. The largest absolute Gasteiger partial charge is 0.451 e. The molecule has 1 aromatic carbocycles. The van der Waals surface area contributed by atoms with E-state index in [0.717, 1.165) is 22.3 Å². The van der Waals surface area contributed by atoms with E-state index >= 15 is 0 Å². The van der Waals surface area contributed by atoms with E-state index in [1.807, 2.05) is 44.4 Å². The molecule has 0 bridgehead atoms. The first kappa shape index (κ1) is 21.8. The summed E-state index contributed by atoms with van der Waals surface area (Å²) in [5, 5.41) is 3.95. The van der Waals surface area contributed by atoms with Gasteiger partial charge >= 0.3 is 0 Å². The van der Waals surface area contributed by atoms with Crippen LogP contribution in [0, 0.1) is 13.8 Å². The van der Waals surface area contributed by atoms with Gasteiger partial charge in [-0.25, -0.2) is 4.98 Å². The third-order valence-corrected chi connectivity index (χ3v) is 5.91. The quantitative estimate of drug-likeness (QED) is 0.434. The van der Waals surface area contributed by atoms with E-state index in [1.54, 1.807) is 30.2 Å². The Morgan fingerprint density at radius 3 is 2.84 bits per heavy atom. The summed E-state index contributed by atoms with van der Waals surface area (Å²) in [6, 6.07) is 10.4. The van der Waals surface area contributed by atoms with Crippen molar-refractivity contribution in [2.45, 2.75) is 26.3 Å². The van der Waals surface area contributed by atoms with Crippen LogP contribution in [0.1, 0.15) is 39.8 Å². The molecule has 3 heterocycles. The van der Waals surface area contributed by atoms with Gasteiger partial charge < -0.3 is 14.7 Å². The second-order valence-electron chi connectivity index (χ2n) is 7.62. The molecule has 4 aromatic rings. The number of nitrogens with zero attached hydrogens (tertiary/aromatic N) is 2. The molecule has 2 N–H and O–H groups in total. The smallest absolute Gasteiger partial charge is 0.287 e. The molecule has 7 nitrogen and oxygen atoms in total. The molecule has 1 atom stereocenters. The number of H-pyrrole nitrogens is 1. The number of hydrogen-bond donors (Lipinski definition) is 2. The molecule has 32 heavy (non-hydrogen) atoms. The molecule has 1 amide bonds. The van der Waals surface area contributed by atoms with Crippen LogP contribution in [0.2, 0.25) is 0 Å². The molecule has 0 spiro atoms. The Morgan fingerprint density at radius 1 is 1.25 bits per heavy atom. The summed E-state index contributed by atoms with van der Waals surface area (Å²) in [4.78, 5) is 37.0. The summed E-state index contributed by atoms with van der Waals surface area (Å²) in [6.45, 7) is 3.88. The standard InChI is InChI=1S/C24H24N4O3S/c1-14-6-7-20-17(11-14)15(2)22(31-20)24(30)27-18(8-10-32-3)19-12-21(29)28-23(26-19)16-5-4-9-25-13-16/h4-7,9,11-13,18H,8,10H2,1-3H3,(H,27,30)(H,26,28,29)/t18-/m0/s1. The number of rotatable bonds is 7. The first-order valence-corrected chi connectivity index (χ1v) is 11.7. The summed E-state index contributed by atoms with van der Waals surface area (Å²) < 4.78 is 5.86. The van der Waals surface area contributed by atoms with Crippen LogP contribution in [0.4, 0.5) is 0 Å². The molecule has 0 aliphatic heterocycles. The van der Waals surface area contributed by atoms with Crippen molar-refractivity contribution in [2.75, 3.05) is 12.0 Å². The number of carbonyl (C=O) groups excluding carboxylic acids is 1. The number of carbonyl (C=O) groups is 1. The van der Waals surface area contributed by atoms with Gasteiger partial charge in [0.15, 0.2) is 5.76 Å². The number of nitrogens with one attached hydrogen (secondary N) is 2. The molecule has 0 saturated carbocycles. The van der Waals surface area contributed by atoms with E-state index in [0.29, 0.717) is 29.1 Å². The van der Waals surface area contributed by atoms with E-state index in [9.17, 15) is 9.59 Å². The van der Waals surface area contributed by atoms with Crippen LogP contribution in [0.25, 0.3) is 22.4 Å². The molecular weight excluding hydrogens is 424 g/mol. The summed E-state index contributed by atoms with van der Waals surface area (Å²) >= 11 is 1.66. The van der Waals surface area contributed by atoms with Gasteiger partial charge in [-0.2, -0.15) is 11.8 Å². The topological polar surface area (TPSA) is 101 Å². The van der Waals surface area contributed by atoms with Gasteiger partial charge in [0.25, 0.3) is 11.5 Å². The Balaban J connectivity index is 1.68. The van der Waals surface area contributed by atoms with Gasteiger partial charge in [-0.1, -0.05) is 11.6 Å². The maximum absolute atomic E-state index is 13.2. The lowest BCUT2D eigenvalue weighted by Gasteiger charge is -2.18. The normalized spacial score (nSPS) is 12.1. The Labute approximate surface area is 189 Å². The van der Waals surface area contributed by atoms with Gasteiger partial charge in [0, 0.05) is 35.0 Å². The minimum atomic E-state index is -0.443. The zero-order valence-corrected chi connectivity index (χ0v) is 19.0. The van der Waals surface area contributed by atoms with Crippen LogP contribution >= 0.6 is 11.8 Å². The summed E-state index contributed by atoms with van der Waals surface area (Å²) in [6.07, 6.45) is 5.91. The van der Waals surface area contributed by atoms with Crippen LogP contribution in [0.15, 0.2) is 58.0 Å². The van der Waals surface area contributed by atoms with Gasteiger partial charge in [-0.15, -0.1) is 0 Å². The number of aromatic amines is 1. The van der Waals surface area contributed by atoms with Crippen molar-refractivity contribution in [1.29, 1.82) is 0 Å². The lowest BCUT2D eigenvalue weighted by atomic mass is 10.1. The summed E-state index contributed by atoms with van der Waals surface area (Å²) in [7, 11) is 0. The molecule has 4 rings (SSSR count). The zero-order chi connectivity index (χ0) is 22.7. The highest BCUT2D eigenvalue weighted by atomic mass is 32.2. The maximum Gasteiger partial charge on any atom is 0.287 e. The van der Waals surface area contributed by atoms with Gasteiger partial charge in [0.1, 0.15) is 11.4 Å². The minimum absolute atomic E-state index is 0.275. The van der Waals surface area contributed by atoms with Crippen molar-refractivity contribution in [2.24, 2.45) is 0 Å². The Hall–Kier alpha value is -3.39. The Bertz CT molecular complexity index is 1310. The second-order valence-corrected chi connectivity index (χ2v) is 8.61. The van der Waals surface area contributed by atoms with E-state index in [1.165, 1.54) is 6.07 Å². The van der Waals surface area contributed by atoms with Crippen LogP contribution in [-0.2, 0) is 0 Å². The molecule has 0 aliphatic rings. The predicted molar refractivity (Wildman–Crippen MR) is 127 cm³/mol. The average Bonchev–Trinajstić information content (AvgIpc) is 3.12. The number of benzene rings is 1. The van der Waals surface area contributed by atoms with Crippen molar-refractivity contribution in [3.63, 3.8) is 0 Å². The highest BCUT2D eigenvalue weighted by Crippen LogP contribution is 2.27. The van der Waals surface area contributed by atoms with E-state index in [2.05, 4.69) is 20.3 Å². The first-order valence-electron chi connectivity index (χ1n) is 10.3. The number of aryl methyl sites for hydroxylation is 2. The molecule has 0 unspecified atom stereocenters. The third kappa shape index (κ3) is 4.60. The fourth-order valence-corrected chi connectivity index (χ4v) is 4.07. The van der Waals surface area contributed by atoms with Crippen molar-refractivity contribution in [3.8, 4) is 11.4 Å². The molecule has 8 heteroatoms. The van der Waals surface area contributed by atoms with Crippen molar-refractivity contribution >= 4 is 28.6 Å². The minimum Gasteiger partial charge on any atom is -0.451 e. The fraction of sp³-hybridized carbons (Fsp3) is 0.250. The van der Waals surface area contributed by atoms with Gasteiger partial charge in [-0.05, 0) is 56.5 Å². The van der Waals surface area contributed by atoms with Gasteiger partial charge in [0.05, 0.1) is 11.7 Å². The predicted octanol–water partition coefficient (Wildman–Crippen LogP) is 4.42. The molecule has 164 valence electrons. The molecular formula is C24H24N4O3S. The number of fused-ring (bicyclic) bond motifs is 1. The van der Waals surface area contributed by atoms with E-state index < -0.39 is 6.04 Å². The number of pyridine rings is 1. The number of aromatic nitrogens is 3. The van der Waals surface area contributed by atoms with E-state index in [4.69, 9.17) is 4.42 Å². The highest BCUT2D eigenvalue weighted by molar-refractivity contribution is 7.98. The molecule has 0 aliphatic carbocycles. The lowest BCUT2D eigenvalue weighted by molar-refractivity contribution is 0.0908. The second kappa shape index (κ2) is 9.40. The van der Waals surface area contributed by atoms with Gasteiger partial charge in [0.2, 0.25) is 0 Å². The fourth-order valence-electron chi connectivity index (χ4n) is 3.60. The molecule has 3 aromatic heterocycles. The summed E-state index contributed by atoms with van der Waals surface area (Å²) in [5.74, 6) is 1.16. The van der Waals surface area contributed by atoms with Crippen molar-refractivity contribution < 1.29 is 9.21 Å². The number of furan rings is 1. The molecule has 0 fully saturated rings. The van der Waals surface area contributed by atoms with Crippen LogP contribution in [-0.4, -0.2) is 32.9 Å². The average molecular weight is 449 g/mol. The monoisotopic (exact) mass is 448 g/mol. The van der Waals surface area contributed by atoms with E-state index in [-0.39, 0.29) is 17.2 Å². The first-order chi connectivity index (χ1) is 15.5. The Kier molecular flexibility index (Phi) is 6.41. The van der Waals surface area contributed by atoms with Gasteiger partial charge in [-0.3, -0.25) is 14.6 Å². The van der Waals surface area contributed by atoms with Crippen molar-refractivity contribution in [1.82, 2.24) is 20.3 Å². The summed E-state index contributed by atoms with van der Waals surface area (Å²) in [5.41, 5.74) is 3.48. The molecule has 0 saturated heterocycles. The van der Waals surface area contributed by atoms with Crippen LogP contribution in [0.3, 0.4) is 0 Å². The van der Waals surface area contributed by atoms with Crippen LogP contribution < -0.4 is 10.9 Å². The SMILES string of the molecule is CSCC[C@H](NC(=O)c1oc2ccc(C)cc2c1C)c1cc(=O)[nH]c(-c2cccnc2)n1. The zero-order valence-electron chi connectivity index (χ0n) is 18.1. The lowest BCUT2D eigenvalue weighted by Crippen LogP contribution is -2.31. The Morgan fingerprint density at radius 2 is 2.09 bits per heavy atom. The maximum atomic E-state index is 13.2.